The van der Waals surface area contributed by atoms with E-state index in [0.717, 1.165) is 6.42 Å². The van der Waals surface area contributed by atoms with Crippen molar-refractivity contribution >= 4 is 28.5 Å². The molecule has 0 spiro atoms. The SMILES string of the molecule is CC[C@@H](C)NC(=O)c1cc2cccc(Cl)c2oc1=O. The molecule has 1 N–H and O–H groups in total. The molecule has 0 aliphatic carbocycles. The van der Waals surface area contributed by atoms with E-state index in [4.69, 9.17) is 16.0 Å². The summed E-state index contributed by atoms with van der Waals surface area (Å²) in [7, 11) is 0. The first-order valence-electron chi connectivity index (χ1n) is 6.06. The van der Waals surface area contributed by atoms with E-state index in [9.17, 15) is 9.59 Å². The molecule has 1 heterocycles. The Morgan fingerprint density at radius 1 is 1.47 bits per heavy atom. The van der Waals surface area contributed by atoms with Gasteiger partial charge in [-0.2, -0.15) is 0 Å². The summed E-state index contributed by atoms with van der Waals surface area (Å²) < 4.78 is 5.11. The fourth-order valence-corrected chi connectivity index (χ4v) is 1.89. The van der Waals surface area contributed by atoms with Crippen LogP contribution in [0.5, 0.6) is 0 Å². The monoisotopic (exact) mass is 279 g/mol. The molecular weight excluding hydrogens is 266 g/mol. The quantitative estimate of drug-likeness (QED) is 0.879. The maximum atomic E-state index is 12.0. The molecule has 1 atom stereocenters. The van der Waals surface area contributed by atoms with Crippen LogP contribution in [-0.2, 0) is 0 Å². The molecule has 0 aliphatic heterocycles. The third-order valence-corrected chi connectivity index (χ3v) is 3.24. The van der Waals surface area contributed by atoms with Crippen molar-refractivity contribution < 1.29 is 9.21 Å². The highest BCUT2D eigenvalue weighted by Crippen LogP contribution is 2.22. The maximum Gasteiger partial charge on any atom is 0.349 e. The number of hydrogen-bond acceptors (Lipinski definition) is 3. The Morgan fingerprint density at radius 2 is 2.21 bits per heavy atom. The zero-order valence-electron chi connectivity index (χ0n) is 10.7. The molecule has 2 rings (SSSR count). The number of halogens is 1. The van der Waals surface area contributed by atoms with Crippen molar-refractivity contribution in [2.24, 2.45) is 0 Å². The van der Waals surface area contributed by atoms with Crippen LogP contribution in [0.2, 0.25) is 5.02 Å². The minimum atomic E-state index is -0.679. The molecule has 5 heteroatoms. The second kappa shape index (κ2) is 5.45. The number of carbonyl (C=O) groups excluding carboxylic acids is 1. The van der Waals surface area contributed by atoms with E-state index in [2.05, 4.69) is 5.32 Å². The lowest BCUT2D eigenvalue weighted by Crippen LogP contribution is -2.34. The number of para-hydroxylation sites is 1. The van der Waals surface area contributed by atoms with Crippen LogP contribution < -0.4 is 10.9 Å². The highest BCUT2D eigenvalue weighted by atomic mass is 35.5. The van der Waals surface area contributed by atoms with E-state index in [1.807, 2.05) is 13.8 Å². The van der Waals surface area contributed by atoms with Crippen LogP contribution in [0.3, 0.4) is 0 Å². The second-order valence-electron chi connectivity index (χ2n) is 4.39. The van der Waals surface area contributed by atoms with Crippen molar-refractivity contribution in [3.63, 3.8) is 0 Å². The van der Waals surface area contributed by atoms with Gasteiger partial charge in [-0.05, 0) is 25.5 Å². The van der Waals surface area contributed by atoms with Gasteiger partial charge in [0.05, 0.1) is 5.02 Å². The summed E-state index contributed by atoms with van der Waals surface area (Å²) in [5.74, 6) is -0.426. The van der Waals surface area contributed by atoms with Crippen molar-refractivity contribution in [1.29, 1.82) is 0 Å². The molecule has 4 nitrogen and oxygen atoms in total. The van der Waals surface area contributed by atoms with Gasteiger partial charge in [0.25, 0.3) is 5.91 Å². The average Bonchev–Trinajstić information content (AvgIpc) is 2.39. The van der Waals surface area contributed by atoms with Gasteiger partial charge in [0.15, 0.2) is 5.58 Å². The maximum absolute atomic E-state index is 12.0. The molecule has 0 aliphatic rings. The first kappa shape index (κ1) is 13.6. The van der Waals surface area contributed by atoms with Crippen molar-refractivity contribution in [2.45, 2.75) is 26.3 Å². The molecule has 1 aromatic carbocycles. The summed E-state index contributed by atoms with van der Waals surface area (Å²) in [4.78, 5) is 23.8. The fourth-order valence-electron chi connectivity index (χ4n) is 1.67. The van der Waals surface area contributed by atoms with Crippen molar-refractivity contribution in [1.82, 2.24) is 5.32 Å². The smallest absolute Gasteiger partial charge is 0.349 e. The van der Waals surface area contributed by atoms with Crippen LogP contribution in [0.1, 0.15) is 30.6 Å². The van der Waals surface area contributed by atoms with Gasteiger partial charge in [-0.25, -0.2) is 4.79 Å². The van der Waals surface area contributed by atoms with E-state index in [0.29, 0.717) is 16.0 Å². The highest BCUT2D eigenvalue weighted by molar-refractivity contribution is 6.34. The van der Waals surface area contributed by atoms with Gasteiger partial charge >= 0.3 is 5.63 Å². The van der Waals surface area contributed by atoms with Gasteiger partial charge in [-0.3, -0.25) is 4.79 Å². The van der Waals surface area contributed by atoms with Crippen LogP contribution in [0.15, 0.2) is 33.5 Å². The van der Waals surface area contributed by atoms with Gasteiger partial charge in [0, 0.05) is 11.4 Å². The van der Waals surface area contributed by atoms with E-state index in [1.54, 1.807) is 18.2 Å². The van der Waals surface area contributed by atoms with Crippen LogP contribution in [0, 0.1) is 0 Å². The number of rotatable bonds is 3. The fraction of sp³-hybridized carbons (Fsp3) is 0.286. The summed E-state index contributed by atoms with van der Waals surface area (Å²) >= 11 is 5.93. The Labute approximate surface area is 115 Å². The summed E-state index contributed by atoms with van der Waals surface area (Å²) in [5, 5.41) is 3.71. The molecule has 0 saturated heterocycles. The third kappa shape index (κ3) is 2.79. The molecule has 1 amide bonds. The standard InChI is InChI=1S/C14H14ClNO3/c1-3-8(2)16-13(17)10-7-9-5-4-6-11(15)12(9)19-14(10)18/h4-8H,3H2,1-2H3,(H,16,17)/t8-/m1/s1. The Bertz CT molecular complexity index is 678. The number of amides is 1. The Hall–Kier alpha value is -1.81. The highest BCUT2D eigenvalue weighted by Gasteiger charge is 2.15. The Kier molecular flexibility index (Phi) is 3.90. The van der Waals surface area contributed by atoms with Crippen LogP contribution in [0.25, 0.3) is 11.0 Å². The molecule has 0 radical (unpaired) electrons. The Balaban J connectivity index is 2.48. The van der Waals surface area contributed by atoms with Gasteiger partial charge < -0.3 is 9.73 Å². The van der Waals surface area contributed by atoms with Crippen LogP contribution in [0.4, 0.5) is 0 Å². The number of benzene rings is 1. The van der Waals surface area contributed by atoms with Gasteiger partial charge in [0.1, 0.15) is 5.56 Å². The second-order valence-corrected chi connectivity index (χ2v) is 4.80. The van der Waals surface area contributed by atoms with E-state index in [-0.39, 0.29) is 11.6 Å². The first-order chi connectivity index (χ1) is 9.02. The normalized spacial score (nSPS) is 12.4. The molecule has 0 saturated carbocycles. The van der Waals surface area contributed by atoms with Crippen molar-refractivity contribution in [2.75, 3.05) is 0 Å². The Morgan fingerprint density at radius 3 is 2.89 bits per heavy atom. The first-order valence-corrected chi connectivity index (χ1v) is 6.44. The zero-order valence-corrected chi connectivity index (χ0v) is 11.5. The lowest BCUT2D eigenvalue weighted by Gasteiger charge is -2.10. The predicted octanol–water partition coefficient (Wildman–Crippen LogP) is 2.97. The van der Waals surface area contributed by atoms with Gasteiger partial charge in [-0.1, -0.05) is 30.7 Å². The number of hydrogen-bond donors (Lipinski definition) is 1. The molecule has 1 aromatic heterocycles. The zero-order chi connectivity index (χ0) is 14.0. The molecule has 0 bridgehead atoms. The minimum absolute atomic E-state index is 0.00181. The van der Waals surface area contributed by atoms with E-state index >= 15 is 0 Å². The molecule has 0 fully saturated rings. The van der Waals surface area contributed by atoms with Crippen molar-refractivity contribution in [3.05, 3.63) is 45.3 Å². The van der Waals surface area contributed by atoms with E-state index in [1.165, 1.54) is 6.07 Å². The molecular formula is C14H14ClNO3. The number of carbonyl (C=O) groups is 1. The molecule has 100 valence electrons. The minimum Gasteiger partial charge on any atom is -0.421 e. The lowest BCUT2D eigenvalue weighted by atomic mass is 10.1. The van der Waals surface area contributed by atoms with Crippen molar-refractivity contribution in [3.8, 4) is 0 Å². The van der Waals surface area contributed by atoms with Gasteiger partial charge in [0.2, 0.25) is 0 Å². The predicted molar refractivity (Wildman–Crippen MR) is 74.7 cm³/mol. The van der Waals surface area contributed by atoms with Crippen LogP contribution in [-0.4, -0.2) is 11.9 Å². The largest absolute Gasteiger partial charge is 0.421 e. The summed E-state index contributed by atoms with van der Waals surface area (Å²) in [5.41, 5.74) is -0.384. The third-order valence-electron chi connectivity index (χ3n) is 2.95. The van der Waals surface area contributed by atoms with E-state index < -0.39 is 11.5 Å². The number of nitrogens with one attached hydrogen (secondary N) is 1. The van der Waals surface area contributed by atoms with Crippen LogP contribution >= 0.6 is 11.6 Å². The topological polar surface area (TPSA) is 59.3 Å². The molecule has 19 heavy (non-hydrogen) atoms. The lowest BCUT2D eigenvalue weighted by molar-refractivity contribution is 0.0935. The molecule has 0 unspecified atom stereocenters. The summed E-state index contributed by atoms with van der Waals surface area (Å²) in [6, 6.07) is 6.61. The molecule has 2 aromatic rings. The average molecular weight is 280 g/mol. The summed E-state index contributed by atoms with van der Waals surface area (Å²) in [6.07, 6.45) is 0.788. The summed E-state index contributed by atoms with van der Waals surface area (Å²) in [6.45, 7) is 3.82. The number of fused-ring (bicyclic) bond motifs is 1. The van der Waals surface area contributed by atoms with Gasteiger partial charge in [-0.15, -0.1) is 0 Å².